The van der Waals surface area contributed by atoms with Gasteiger partial charge in [-0.1, -0.05) is 24.9 Å². The Morgan fingerprint density at radius 1 is 1.29 bits per heavy atom. The standard InChI is InChI=1S/C14H17ClO2/c1-10-3-2-4-13(9-10)17-14(16)11-5-7-12(15)8-6-11/h5-8,10,13H,2-4,9H2,1H3/t10-,13+/m0/s1. The molecule has 0 heterocycles. The summed E-state index contributed by atoms with van der Waals surface area (Å²) >= 11 is 5.78. The summed E-state index contributed by atoms with van der Waals surface area (Å²) in [6.45, 7) is 2.21. The Balaban J connectivity index is 1.94. The van der Waals surface area contributed by atoms with Gasteiger partial charge in [-0.3, -0.25) is 0 Å². The third kappa shape index (κ3) is 3.47. The second-order valence-corrected chi connectivity index (χ2v) is 5.24. The summed E-state index contributed by atoms with van der Waals surface area (Å²) in [4.78, 5) is 11.9. The zero-order valence-electron chi connectivity index (χ0n) is 9.99. The number of rotatable bonds is 2. The minimum absolute atomic E-state index is 0.0851. The van der Waals surface area contributed by atoms with Crippen molar-refractivity contribution in [3.8, 4) is 0 Å². The second-order valence-electron chi connectivity index (χ2n) is 4.81. The van der Waals surface area contributed by atoms with Crippen molar-refractivity contribution >= 4 is 17.6 Å². The molecule has 1 aliphatic rings. The minimum atomic E-state index is -0.235. The van der Waals surface area contributed by atoms with Gasteiger partial charge in [0.1, 0.15) is 6.10 Å². The van der Waals surface area contributed by atoms with E-state index in [4.69, 9.17) is 16.3 Å². The second kappa shape index (κ2) is 5.54. The van der Waals surface area contributed by atoms with Gasteiger partial charge in [0.25, 0.3) is 0 Å². The van der Waals surface area contributed by atoms with Gasteiger partial charge in [-0.05, 0) is 49.4 Å². The predicted molar refractivity (Wildman–Crippen MR) is 68.3 cm³/mol. The van der Waals surface area contributed by atoms with Crippen LogP contribution in [0.3, 0.4) is 0 Å². The highest BCUT2D eigenvalue weighted by Gasteiger charge is 2.22. The normalized spacial score (nSPS) is 24.4. The van der Waals surface area contributed by atoms with Gasteiger partial charge in [0, 0.05) is 5.02 Å². The van der Waals surface area contributed by atoms with Gasteiger partial charge < -0.3 is 4.74 Å². The molecule has 1 aliphatic carbocycles. The first-order valence-corrected chi connectivity index (χ1v) is 6.49. The smallest absolute Gasteiger partial charge is 0.338 e. The van der Waals surface area contributed by atoms with Crippen molar-refractivity contribution < 1.29 is 9.53 Å². The van der Waals surface area contributed by atoms with Gasteiger partial charge in [0.15, 0.2) is 0 Å². The zero-order chi connectivity index (χ0) is 12.3. The first kappa shape index (κ1) is 12.4. The molecule has 0 spiro atoms. The number of hydrogen-bond acceptors (Lipinski definition) is 2. The molecule has 17 heavy (non-hydrogen) atoms. The van der Waals surface area contributed by atoms with E-state index >= 15 is 0 Å². The Kier molecular flexibility index (Phi) is 4.06. The number of carbonyl (C=O) groups excluding carboxylic acids is 1. The molecule has 3 heteroatoms. The van der Waals surface area contributed by atoms with Crippen LogP contribution in [-0.4, -0.2) is 12.1 Å². The van der Waals surface area contributed by atoms with E-state index in [9.17, 15) is 4.79 Å². The fourth-order valence-electron chi connectivity index (χ4n) is 2.29. The van der Waals surface area contributed by atoms with E-state index in [1.807, 2.05) is 0 Å². The molecule has 2 nitrogen and oxygen atoms in total. The van der Waals surface area contributed by atoms with E-state index < -0.39 is 0 Å². The molecule has 1 aromatic carbocycles. The lowest BCUT2D eigenvalue weighted by Gasteiger charge is -2.26. The number of ether oxygens (including phenoxy) is 1. The average molecular weight is 253 g/mol. The molecular weight excluding hydrogens is 236 g/mol. The molecule has 0 saturated heterocycles. The Morgan fingerprint density at radius 3 is 2.65 bits per heavy atom. The third-order valence-corrected chi connectivity index (χ3v) is 3.49. The van der Waals surface area contributed by atoms with Crippen LogP contribution in [0, 0.1) is 5.92 Å². The Hall–Kier alpha value is -1.02. The molecule has 0 bridgehead atoms. The lowest BCUT2D eigenvalue weighted by molar-refractivity contribution is 0.0155. The van der Waals surface area contributed by atoms with Crippen LogP contribution in [0.5, 0.6) is 0 Å². The lowest BCUT2D eigenvalue weighted by atomic mass is 9.89. The van der Waals surface area contributed by atoms with Crippen LogP contribution in [0.4, 0.5) is 0 Å². The Morgan fingerprint density at radius 2 is 2.00 bits per heavy atom. The summed E-state index contributed by atoms with van der Waals surface area (Å²) in [6.07, 6.45) is 4.46. The van der Waals surface area contributed by atoms with Gasteiger partial charge >= 0.3 is 5.97 Å². The summed E-state index contributed by atoms with van der Waals surface area (Å²) in [7, 11) is 0. The van der Waals surface area contributed by atoms with Crippen LogP contribution in [-0.2, 0) is 4.74 Å². The number of esters is 1. The van der Waals surface area contributed by atoms with Crippen molar-refractivity contribution in [2.24, 2.45) is 5.92 Å². The SMILES string of the molecule is C[C@H]1CCC[C@@H](OC(=O)c2ccc(Cl)cc2)C1. The highest BCUT2D eigenvalue weighted by Crippen LogP contribution is 2.26. The van der Waals surface area contributed by atoms with E-state index in [-0.39, 0.29) is 12.1 Å². The molecular formula is C14H17ClO2. The minimum Gasteiger partial charge on any atom is -0.459 e. The fourth-order valence-corrected chi connectivity index (χ4v) is 2.42. The van der Waals surface area contributed by atoms with Crippen molar-refractivity contribution in [3.05, 3.63) is 34.9 Å². The molecule has 1 saturated carbocycles. The fraction of sp³-hybridized carbons (Fsp3) is 0.500. The van der Waals surface area contributed by atoms with Crippen LogP contribution in [0.15, 0.2) is 24.3 Å². The molecule has 0 amide bonds. The highest BCUT2D eigenvalue weighted by atomic mass is 35.5. The van der Waals surface area contributed by atoms with E-state index in [1.165, 1.54) is 6.42 Å². The summed E-state index contributed by atoms with van der Waals surface area (Å²) in [5, 5.41) is 0.632. The monoisotopic (exact) mass is 252 g/mol. The Labute approximate surface area is 107 Å². The quantitative estimate of drug-likeness (QED) is 0.742. The molecule has 2 rings (SSSR count). The first-order chi connectivity index (χ1) is 8.15. The summed E-state index contributed by atoms with van der Waals surface area (Å²) in [6, 6.07) is 6.83. The third-order valence-electron chi connectivity index (χ3n) is 3.24. The molecule has 0 unspecified atom stereocenters. The molecule has 92 valence electrons. The molecule has 1 fully saturated rings. The first-order valence-electron chi connectivity index (χ1n) is 6.11. The molecule has 1 aromatic rings. The maximum absolute atomic E-state index is 11.9. The zero-order valence-corrected chi connectivity index (χ0v) is 10.7. The van der Waals surface area contributed by atoms with Crippen molar-refractivity contribution in [1.82, 2.24) is 0 Å². The van der Waals surface area contributed by atoms with E-state index in [2.05, 4.69) is 6.92 Å². The number of benzene rings is 1. The van der Waals surface area contributed by atoms with E-state index in [1.54, 1.807) is 24.3 Å². The predicted octanol–water partition coefficient (Wildman–Crippen LogP) is 4.08. The maximum atomic E-state index is 11.9. The van der Waals surface area contributed by atoms with Crippen molar-refractivity contribution in [2.75, 3.05) is 0 Å². The average Bonchev–Trinajstić information content (AvgIpc) is 2.29. The largest absolute Gasteiger partial charge is 0.459 e. The van der Waals surface area contributed by atoms with Gasteiger partial charge in [-0.15, -0.1) is 0 Å². The van der Waals surface area contributed by atoms with E-state index in [0.29, 0.717) is 16.5 Å². The van der Waals surface area contributed by atoms with E-state index in [0.717, 1.165) is 19.3 Å². The van der Waals surface area contributed by atoms with Gasteiger partial charge in [0.2, 0.25) is 0 Å². The molecule has 0 radical (unpaired) electrons. The van der Waals surface area contributed by atoms with Gasteiger partial charge in [0.05, 0.1) is 5.56 Å². The van der Waals surface area contributed by atoms with Crippen LogP contribution < -0.4 is 0 Å². The van der Waals surface area contributed by atoms with Crippen molar-refractivity contribution in [1.29, 1.82) is 0 Å². The van der Waals surface area contributed by atoms with Crippen LogP contribution in [0.1, 0.15) is 43.0 Å². The summed E-state index contributed by atoms with van der Waals surface area (Å²) in [5.41, 5.74) is 0.577. The van der Waals surface area contributed by atoms with Crippen LogP contribution >= 0.6 is 11.6 Å². The topological polar surface area (TPSA) is 26.3 Å². The van der Waals surface area contributed by atoms with Crippen LogP contribution in [0.2, 0.25) is 5.02 Å². The summed E-state index contributed by atoms with van der Waals surface area (Å²) in [5.74, 6) is 0.424. The number of carbonyl (C=O) groups is 1. The van der Waals surface area contributed by atoms with Crippen molar-refractivity contribution in [3.63, 3.8) is 0 Å². The van der Waals surface area contributed by atoms with Gasteiger partial charge in [-0.25, -0.2) is 4.79 Å². The Bertz CT molecular complexity index is 386. The number of halogens is 1. The lowest BCUT2D eigenvalue weighted by Crippen LogP contribution is -2.24. The molecule has 0 aliphatic heterocycles. The summed E-state index contributed by atoms with van der Waals surface area (Å²) < 4.78 is 5.51. The van der Waals surface area contributed by atoms with Crippen molar-refractivity contribution in [2.45, 2.75) is 38.7 Å². The van der Waals surface area contributed by atoms with Crippen LogP contribution in [0.25, 0.3) is 0 Å². The maximum Gasteiger partial charge on any atom is 0.338 e. The molecule has 0 aromatic heterocycles. The van der Waals surface area contributed by atoms with Gasteiger partial charge in [-0.2, -0.15) is 0 Å². The highest BCUT2D eigenvalue weighted by molar-refractivity contribution is 6.30. The molecule has 2 atom stereocenters. The number of hydrogen-bond donors (Lipinski definition) is 0. The molecule has 0 N–H and O–H groups in total.